The molecule has 1 aliphatic heterocycles. The zero-order chi connectivity index (χ0) is 20.1. The largest absolute Gasteiger partial charge is 0.494 e. The van der Waals surface area contributed by atoms with E-state index in [0.717, 1.165) is 32.3 Å². The molecule has 0 amide bonds. The van der Waals surface area contributed by atoms with Crippen molar-refractivity contribution >= 4 is 0 Å². The first-order valence-corrected chi connectivity index (χ1v) is 9.60. The third kappa shape index (κ3) is 4.50. The van der Waals surface area contributed by atoms with Crippen LogP contribution in [0.4, 0.5) is 13.2 Å². The van der Waals surface area contributed by atoms with Gasteiger partial charge in [0.2, 0.25) is 5.82 Å². The predicted octanol–water partition coefficient (Wildman–Crippen LogP) is 5.82. The van der Waals surface area contributed by atoms with Gasteiger partial charge in [0.15, 0.2) is 11.6 Å². The van der Waals surface area contributed by atoms with E-state index >= 15 is 0 Å². The maximum atomic E-state index is 14.7. The van der Waals surface area contributed by atoms with Gasteiger partial charge in [0.1, 0.15) is 5.82 Å². The summed E-state index contributed by atoms with van der Waals surface area (Å²) >= 11 is 0. The van der Waals surface area contributed by atoms with Crippen LogP contribution in [0.2, 0.25) is 0 Å². The van der Waals surface area contributed by atoms with Crippen LogP contribution < -0.4 is 4.74 Å². The standard InChI is InChI=1S/C22H25F3O3/c1-3-4-11-27-15-6-9-19(28-13-15)14-5-7-16(18(23)12-14)17-8-10-20(26-2)22(25)21(17)24/h5,7-8,10,12,15,19H,3-4,6,9,11,13H2,1-2H3. The first kappa shape index (κ1) is 20.7. The summed E-state index contributed by atoms with van der Waals surface area (Å²) in [5.74, 6) is -3.10. The first-order chi connectivity index (χ1) is 13.5. The molecule has 2 aromatic rings. The number of benzene rings is 2. The molecule has 3 rings (SSSR count). The molecule has 152 valence electrons. The lowest BCUT2D eigenvalue weighted by Gasteiger charge is -2.29. The Balaban J connectivity index is 1.71. The number of hydrogen-bond acceptors (Lipinski definition) is 3. The van der Waals surface area contributed by atoms with E-state index in [4.69, 9.17) is 14.2 Å². The Bertz CT molecular complexity index is 802. The van der Waals surface area contributed by atoms with Crippen molar-refractivity contribution in [3.05, 3.63) is 53.3 Å². The summed E-state index contributed by atoms with van der Waals surface area (Å²) < 4.78 is 59.2. The lowest BCUT2D eigenvalue weighted by Crippen LogP contribution is -2.28. The van der Waals surface area contributed by atoms with Crippen molar-refractivity contribution in [2.45, 2.75) is 44.8 Å². The molecule has 2 unspecified atom stereocenters. The molecule has 2 atom stereocenters. The van der Waals surface area contributed by atoms with Gasteiger partial charge in [0.25, 0.3) is 0 Å². The fourth-order valence-corrected chi connectivity index (χ4v) is 3.36. The fraction of sp³-hybridized carbons (Fsp3) is 0.455. The molecular formula is C22H25F3O3. The van der Waals surface area contributed by atoms with Crippen molar-refractivity contribution in [2.24, 2.45) is 0 Å². The quantitative estimate of drug-likeness (QED) is 0.554. The van der Waals surface area contributed by atoms with Crippen LogP contribution in [0, 0.1) is 17.5 Å². The smallest absolute Gasteiger partial charge is 0.201 e. The van der Waals surface area contributed by atoms with Gasteiger partial charge in [-0.1, -0.05) is 25.5 Å². The SMILES string of the molecule is CCCCOC1CCC(c2ccc(-c3ccc(OC)c(F)c3F)c(F)c2)OC1. The second-order valence-corrected chi connectivity index (χ2v) is 6.93. The monoisotopic (exact) mass is 394 g/mol. The lowest BCUT2D eigenvalue weighted by molar-refractivity contribution is -0.0872. The molecule has 0 spiro atoms. The molecule has 1 fully saturated rings. The molecule has 0 aromatic heterocycles. The van der Waals surface area contributed by atoms with Gasteiger partial charge in [0.05, 0.1) is 25.9 Å². The minimum atomic E-state index is -1.13. The molecule has 0 N–H and O–H groups in total. The fourth-order valence-electron chi connectivity index (χ4n) is 3.36. The topological polar surface area (TPSA) is 27.7 Å². The normalized spacial score (nSPS) is 19.6. The molecule has 28 heavy (non-hydrogen) atoms. The van der Waals surface area contributed by atoms with E-state index in [9.17, 15) is 13.2 Å². The van der Waals surface area contributed by atoms with Crippen molar-refractivity contribution in [3.8, 4) is 16.9 Å². The Labute approximate surface area is 163 Å². The molecule has 0 radical (unpaired) electrons. The molecule has 0 saturated carbocycles. The van der Waals surface area contributed by atoms with E-state index in [1.54, 1.807) is 6.07 Å². The highest BCUT2D eigenvalue weighted by Crippen LogP contribution is 2.35. The Kier molecular flexibility index (Phi) is 6.97. The summed E-state index contributed by atoms with van der Waals surface area (Å²) in [6, 6.07) is 7.08. The molecule has 1 saturated heterocycles. The van der Waals surface area contributed by atoms with Crippen molar-refractivity contribution < 1.29 is 27.4 Å². The van der Waals surface area contributed by atoms with Crippen LogP contribution >= 0.6 is 0 Å². The summed E-state index contributed by atoms with van der Waals surface area (Å²) in [5.41, 5.74) is 0.540. The number of hydrogen-bond donors (Lipinski definition) is 0. The van der Waals surface area contributed by atoms with Gasteiger partial charge in [-0.3, -0.25) is 0 Å². The average Bonchev–Trinajstić information content (AvgIpc) is 2.71. The molecule has 2 aromatic carbocycles. The van der Waals surface area contributed by atoms with Crippen molar-refractivity contribution in [1.29, 1.82) is 0 Å². The third-order valence-electron chi connectivity index (χ3n) is 5.01. The van der Waals surface area contributed by atoms with Crippen LogP contribution in [0.5, 0.6) is 5.75 Å². The Morgan fingerprint density at radius 1 is 1.04 bits per heavy atom. The summed E-state index contributed by atoms with van der Waals surface area (Å²) in [6.45, 7) is 3.31. The van der Waals surface area contributed by atoms with Crippen LogP contribution in [0.3, 0.4) is 0 Å². The minimum Gasteiger partial charge on any atom is -0.494 e. The van der Waals surface area contributed by atoms with E-state index < -0.39 is 17.5 Å². The number of methoxy groups -OCH3 is 1. The molecule has 1 heterocycles. The van der Waals surface area contributed by atoms with Crippen molar-refractivity contribution in [2.75, 3.05) is 20.3 Å². The molecule has 0 bridgehead atoms. The van der Waals surface area contributed by atoms with Gasteiger partial charge in [-0.2, -0.15) is 4.39 Å². The molecule has 3 nitrogen and oxygen atoms in total. The lowest BCUT2D eigenvalue weighted by atomic mass is 9.96. The van der Waals surface area contributed by atoms with Crippen LogP contribution in [0.1, 0.15) is 44.3 Å². The van der Waals surface area contributed by atoms with E-state index in [-0.39, 0.29) is 29.1 Å². The van der Waals surface area contributed by atoms with E-state index in [1.165, 1.54) is 31.4 Å². The van der Waals surface area contributed by atoms with Crippen LogP contribution in [-0.2, 0) is 9.47 Å². The van der Waals surface area contributed by atoms with Crippen LogP contribution in [-0.4, -0.2) is 26.4 Å². The summed E-state index contributed by atoms with van der Waals surface area (Å²) in [5, 5.41) is 0. The highest BCUT2D eigenvalue weighted by Gasteiger charge is 2.25. The maximum Gasteiger partial charge on any atom is 0.201 e. The molecule has 6 heteroatoms. The van der Waals surface area contributed by atoms with Gasteiger partial charge < -0.3 is 14.2 Å². The van der Waals surface area contributed by atoms with Gasteiger partial charge in [-0.15, -0.1) is 0 Å². The highest BCUT2D eigenvalue weighted by molar-refractivity contribution is 5.66. The van der Waals surface area contributed by atoms with E-state index in [1.807, 2.05) is 0 Å². The van der Waals surface area contributed by atoms with E-state index in [0.29, 0.717) is 12.2 Å². The van der Waals surface area contributed by atoms with Gasteiger partial charge in [-0.25, -0.2) is 8.78 Å². The minimum absolute atomic E-state index is 0.000567. The zero-order valence-corrected chi connectivity index (χ0v) is 16.1. The predicted molar refractivity (Wildman–Crippen MR) is 101 cm³/mol. The van der Waals surface area contributed by atoms with Gasteiger partial charge in [-0.05, 0) is 43.0 Å². The average molecular weight is 394 g/mol. The number of ether oxygens (including phenoxy) is 3. The Morgan fingerprint density at radius 2 is 1.82 bits per heavy atom. The second kappa shape index (κ2) is 9.43. The summed E-state index contributed by atoms with van der Waals surface area (Å²) in [4.78, 5) is 0. The first-order valence-electron chi connectivity index (χ1n) is 9.60. The molecular weight excluding hydrogens is 369 g/mol. The number of halogens is 3. The Morgan fingerprint density at radius 3 is 2.46 bits per heavy atom. The second-order valence-electron chi connectivity index (χ2n) is 6.93. The number of rotatable bonds is 7. The van der Waals surface area contributed by atoms with Crippen LogP contribution in [0.25, 0.3) is 11.1 Å². The highest BCUT2D eigenvalue weighted by atomic mass is 19.2. The van der Waals surface area contributed by atoms with E-state index in [2.05, 4.69) is 6.92 Å². The third-order valence-corrected chi connectivity index (χ3v) is 5.01. The summed E-state index contributed by atoms with van der Waals surface area (Å²) in [7, 11) is 1.25. The summed E-state index contributed by atoms with van der Waals surface area (Å²) in [6.07, 6.45) is 3.52. The maximum absolute atomic E-state index is 14.7. The number of unbranched alkanes of at least 4 members (excludes halogenated alkanes) is 1. The molecule has 1 aliphatic rings. The van der Waals surface area contributed by atoms with Crippen molar-refractivity contribution in [1.82, 2.24) is 0 Å². The zero-order valence-electron chi connectivity index (χ0n) is 16.1. The van der Waals surface area contributed by atoms with Crippen molar-refractivity contribution in [3.63, 3.8) is 0 Å². The van der Waals surface area contributed by atoms with Crippen LogP contribution in [0.15, 0.2) is 30.3 Å². The van der Waals surface area contributed by atoms with Gasteiger partial charge in [0, 0.05) is 17.7 Å². The Hall–Kier alpha value is -2.05. The molecule has 0 aliphatic carbocycles. The van der Waals surface area contributed by atoms with Gasteiger partial charge >= 0.3 is 0 Å².